The fraction of sp³-hybridized carbons (Fsp3) is 0.429. The number of hydrogen-bond donors (Lipinski definition) is 1. The molecule has 1 saturated heterocycles. The molecule has 3 rings (SSSR count). The van der Waals surface area contributed by atoms with Crippen molar-refractivity contribution in [3.8, 4) is 0 Å². The van der Waals surface area contributed by atoms with Crippen LogP contribution >= 0.6 is 0 Å². The minimum atomic E-state index is -1.93. The third-order valence-electron chi connectivity index (χ3n) is 5.68. The first-order valence-electron chi connectivity index (χ1n) is 9.09. The number of hydrogen-bond acceptors (Lipinski definition) is 2. The van der Waals surface area contributed by atoms with Crippen molar-refractivity contribution in [3.63, 3.8) is 0 Å². The second kappa shape index (κ2) is 7.64. The lowest BCUT2D eigenvalue weighted by molar-refractivity contribution is 0.143. The van der Waals surface area contributed by atoms with Crippen LogP contribution in [0.25, 0.3) is 0 Å². The van der Waals surface area contributed by atoms with E-state index in [1.807, 2.05) is 0 Å². The van der Waals surface area contributed by atoms with E-state index in [9.17, 15) is 5.11 Å². The smallest absolute Gasteiger partial charge is 0.117 e. The predicted molar refractivity (Wildman–Crippen MR) is 105 cm³/mol. The molecular formula is C21H29NOSi. The number of likely N-dealkylation sites (tertiary alicyclic amines) is 1. The fourth-order valence-corrected chi connectivity index (χ4v) is 7.93. The second-order valence-corrected chi connectivity index (χ2v) is 11.7. The van der Waals surface area contributed by atoms with Gasteiger partial charge in [0, 0.05) is 6.04 Å². The maximum absolute atomic E-state index is 10.9. The molecule has 0 aromatic heterocycles. The number of aliphatic hydroxyl groups excluding tert-OH is 1. The third-order valence-corrected chi connectivity index (χ3v) is 10.2. The van der Waals surface area contributed by atoms with Crippen LogP contribution in [0.4, 0.5) is 0 Å². The van der Waals surface area contributed by atoms with Crippen molar-refractivity contribution < 1.29 is 5.11 Å². The van der Waals surface area contributed by atoms with Crippen molar-refractivity contribution in [3.05, 3.63) is 60.7 Å². The largest absolute Gasteiger partial charge is 0.393 e. The first kappa shape index (κ1) is 17.4. The Labute approximate surface area is 147 Å². The number of rotatable bonds is 6. The molecule has 0 amide bonds. The summed E-state index contributed by atoms with van der Waals surface area (Å²) in [6.45, 7) is 3.57. The van der Waals surface area contributed by atoms with Crippen LogP contribution in [0.15, 0.2) is 60.7 Å². The van der Waals surface area contributed by atoms with E-state index in [-0.39, 0.29) is 6.10 Å². The van der Waals surface area contributed by atoms with Gasteiger partial charge in [0.2, 0.25) is 0 Å². The van der Waals surface area contributed by atoms with Gasteiger partial charge in [-0.3, -0.25) is 0 Å². The molecule has 1 N–H and O–H groups in total. The minimum absolute atomic E-state index is 0.229. The van der Waals surface area contributed by atoms with Crippen molar-refractivity contribution >= 4 is 18.4 Å². The molecule has 2 aromatic carbocycles. The van der Waals surface area contributed by atoms with Crippen LogP contribution in [0.1, 0.15) is 19.3 Å². The van der Waals surface area contributed by atoms with Gasteiger partial charge in [-0.15, -0.1) is 0 Å². The quantitative estimate of drug-likeness (QED) is 0.818. The topological polar surface area (TPSA) is 23.5 Å². The van der Waals surface area contributed by atoms with Crippen molar-refractivity contribution in [2.75, 3.05) is 13.6 Å². The average molecular weight is 340 g/mol. The summed E-state index contributed by atoms with van der Waals surface area (Å²) in [7, 11) is 0.263. The van der Waals surface area contributed by atoms with Crippen LogP contribution in [0.5, 0.6) is 0 Å². The zero-order chi connectivity index (χ0) is 17.0. The van der Waals surface area contributed by atoms with Gasteiger partial charge in [-0.1, -0.05) is 77.6 Å². The average Bonchev–Trinajstić information content (AvgIpc) is 3.01. The lowest BCUT2D eigenvalue weighted by Gasteiger charge is -2.32. The Balaban J connectivity index is 1.83. The summed E-state index contributed by atoms with van der Waals surface area (Å²) in [5.41, 5.74) is 0. The molecule has 128 valence electrons. The molecule has 0 saturated carbocycles. The minimum Gasteiger partial charge on any atom is -0.393 e. The van der Waals surface area contributed by atoms with Crippen LogP contribution < -0.4 is 10.4 Å². The lowest BCUT2D eigenvalue weighted by atomic mass is 10.1. The van der Waals surface area contributed by atoms with E-state index >= 15 is 0 Å². The Morgan fingerprint density at radius 3 is 2.04 bits per heavy atom. The van der Waals surface area contributed by atoms with Crippen molar-refractivity contribution in [2.45, 2.75) is 44.0 Å². The van der Waals surface area contributed by atoms with E-state index in [1.54, 1.807) is 0 Å². The Morgan fingerprint density at radius 1 is 1.04 bits per heavy atom. The summed E-state index contributed by atoms with van der Waals surface area (Å²) in [5.74, 6) is 0. The van der Waals surface area contributed by atoms with Crippen LogP contribution in [0.2, 0.25) is 12.6 Å². The number of aliphatic hydroxyl groups is 1. The molecule has 1 aliphatic heterocycles. The van der Waals surface area contributed by atoms with E-state index < -0.39 is 8.07 Å². The Hall–Kier alpha value is -1.42. The van der Waals surface area contributed by atoms with Gasteiger partial charge in [-0.2, -0.15) is 0 Å². The second-order valence-electron chi connectivity index (χ2n) is 7.43. The fourth-order valence-electron chi connectivity index (χ4n) is 4.16. The van der Waals surface area contributed by atoms with Gasteiger partial charge in [0.1, 0.15) is 8.07 Å². The van der Waals surface area contributed by atoms with E-state index in [0.717, 1.165) is 12.5 Å². The number of benzene rings is 2. The van der Waals surface area contributed by atoms with Crippen LogP contribution in [0.3, 0.4) is 0 Å². The molecule has 2 aromatic rings. The molecule has 2 nitrogen and oxygen atoms in total. The monoisotopic (exact) mass is 339 g/mol. The summed E-state index contributed by atoms with van der Waals surface area (Å²) in [5, 5.41) is 13.7. The molecule has 24 heavy (non-hydrogen) atoms. The van der Waals surface area contributed by atoms with Crippen molar-refractivity contribution in [1.29, 1.82) is 0 Å². The predicted octanol–water partition coefficient (Wildman–Crippen LogP) is 2.72. The van der Waals surface area contributed by atoms with Crippen molar-refractivity contribution in [2.24, 2.45) is 0 Å². The van der Waals surface area contributed by atoms with Gasteiger partial charge in [0.15, 0.2) is 0 Å². The molecule has 0 bridgehead atoms. The highest BCUT2D eigenvalue weighted by Gasteiger charge is 2.35. The molecule has 1 aliphatic rings. The Kier molecular flexibility index (Phi) is 5.54. The molecule has 1 fully saturated rings. The highest BCUT2D eigenvalue weighted by molar-refractivity contribution is 7.01. The third kappa shape index (κ3) is 3.80. The normalized spacial score (nSPS) is 20.2. The van der Waals surface area contributed by atoms with Crippen molar-refractivity contribution in [1.82, 2.24) is 4.90 Å². The molecule has 2 atom stereocenters. The zero-order valence-corrected chi connectivity index (χ0v) is 15.9. The first-order valence-corrected chi connectivity index (χ1v) is 11.8. The summed E-state index contributed by atoms with van der Waals surface area (Å²) in [6, 6.07) is 23.1. The van der Waals surface area contributed by atoms with Crippen LogP contribution in [-0.2, 0) is 0 Å². The lowest BCUT2D eigenvalue weighted by Crippen LogP contribution is -2.57. The van der Waals surface area contributed by atoms with Gasteiger partial charge in [-0.05, 0) is 38.9 Å². The maximum atomic E-state index is 10.9. The molecule has 0 spiro atoms. The van der Waals surface area contributed by atoms with Gasteiger partial charge in [0.05, 0.1) is 6.10 Å². The summed E-state index contributed by atoms with van der Waals surface area (Å²) >= 11 is 0. The van der Waals surface area contributed by atoms with Gasteiger partial charge in [-0.25, -0.2) is 0 Å². The maximum Gasteiger partial charge on any atom is 0.117 e. The van der Waals surface area contributed by atoms with Gasteiger partial charge < -0.3 is 10.0 Å². The molecule has 1 heterocycles. The Morgan fingerprint density at radius 2 is 1.58 bits per heavy atom. The summed E-state index contributed by atoms with van der Waals surface area (Å²) in [6.07, 6.45) is 3.16. The summed E-state index contributed by atoms with van der Waals surface area (Å²) < 4.78 is 0. The highest BCUT2D eigenvalue weighted by atomic mass is 28.3. The van der Waals surface area contributed by atoms with Crippen LogP contribution in [0, 0.1) is 0 Å². The van der Waals surface area contributed by atoms with E-state index in [0.29, 0.717) is 6.04 Å². The first-order chi connectivity index (χ1) is 11.6. The molecule has 0 radical (unpaired) electrons. The van der Waals surface area contributed by atoms with E-state index in [2.05, 4.69) is 79.2 Å². The molecule has 0 unspecified atom stereocenters. The van der Waals surface area contributed by atoms with Gasteiger partial charge >= 0.3 is 0 Å². The SMILES string of the molecule is CN1CCC[C@H]1C[C@H](O)C[Si](C)(c1ccccc1)c1ccccc1. The van der Waals surface area contributed by atoms with Crippen LogP contribution in [-0.4, -0.2) is 43.8 Å². The van der Waals surface area contributed by atoms with Gasteiger partial charge in [0.25, 0.3) is 0 Å². The van der Waals surface area contributed by atoms with E-state index in [1.165, 1.54) is 29.8 Å². The molecule has 3 heteroatoms. The molecule has 0 aliphatic carbocycles. The Bertz CT molecular complexity index is 591. The standard InChI is InChI=1S/C21H29NOSi/c1-22-15-9-10-18(22)16-19(23)17-24(2,20-11-5-3-6-12-20)21-13-7-4-8-14-21/h3-8,11-14,18-19,23H,9-10,15-17H2,1-2H3/t18-,19-/m0/s1. The highest BCUT2D eigenvalue weighted by Crippen LogP contribution is 2.23. The number of nitrogens with zero attached hydrogens (tertiary/aromatic N) is 1. The van der Waals surface area contributed by atoms with E-state index in [4.69, 9.17) is 0 Å². The molecular weight excluding hydrogens is 310 g/mol. The summed E-state index contributed by atoms with van der Waals surface area (Å²) in [4.78, 5) is 2.41. The zero-order valence-electron chi connectivity index (χ0n) is 14.9.